The van der Waals surface area contributed by atoms with Crippen LogP contribution in [-0.4, -0.2) is 39.5 Å². The topological polar surface area (TPSA) is 79.7 Å². The number of amides is 1. The molecule has 0 spiro atoms. The Morgan fingerprint density at radius 2 is 2.03 bits per heavy atom. The highest BCUT2D eigenvalue weighted by Gasteiger charge is 2.47. The molecule has 2 heterocycles. The second-order valence-electron chi connectivity index (χ2n) is 8.10. The maximum absolute atomic E-state index is 13.4. The van der Waals surface area contributed by atoms with Crippen molar-refractivity contribution in [2.75, 3.05) is 6.54 Å². The van der Waals surface area contributed by atoms with Crippen LogP contribution in [0.15, 0.2) is 48.5 Å². The maximum Gasteiger partial charge on any atom is 0.306 e. The number of carbonyl (C=O) groups excluding carboxylic acids is 1. The zero-order valence-electron chi connectivity index (χ0n) is 16.6. The molecule has 1 saturated heterocycles. The summed E-state index contributed by atoms with van der Waals surface area (Å²) in [5.74, 6) is -0.908. The number of ether oxygens (including phenoxy) is 1. The van der Waals surface area contributed by atoms with Crippen LogP contribution in [0.3, 0.4) is 0 Å². The Balaban J connectivity index is 1.62. The first kappa shape index (κ1) is 20.4. The van der Waals surface area contributed by atoms with Gasteiger partial charge in [-0.05, 0) is 48.6 Å². The van der Waals surface area contributed by atoms with Crippen LogP contribution in [0.25, 0.3) is 10.2 Å². The number of aromatic nitrogens is 1. The number of rotatable bonds is 6. The van der Waals surface area contributed by atoms with Gasteiger partial charge in [0.15, 0.2) is 0 Å². The summed E-state index contributed by atoms with van der Waals surface area (Å²) in [7, 11) is 0. The van der Waals surface area contributed by atoms with E-state index in [9.17, 15) is 14.7 Å². The summed E-state index contributed by atoms with van der Waals surface area (Å²) in [5.41, 5.74) is 1.68. The first-order valence-corrected chi connectivity index (χ1v) is 11.5. The predicted molar refractivity (Wildman–Crippen MR) is 118 cm³/mol. The van der Waals surface area contributed by atoms with Crippen molar-refractivity contribution in [1.29, 1.82) is 0 Å². The van der Waals surface area contributed by atoms with E-state index in [1.165, 1.54) is 0 Å². The van der Waals surface area contributed by atoms with E-state index in [0.717, 1.165) is 33.6 Å². The standard InChI is InChI=1S/C23H21ClN2O4S/c24-15-5-3-4-14(10-15)21-20(22-25-16-6-1-2-7-18(16)31-22)26(12-13-8-9-13)23(29)17(30-21)11-19(27)28/h1-7,10,13,17,20-21H,8-9,11-12H2,(H,27,28)/t17-,20+,21-/m1/s1. The lowest BCUT2D eigenvalue weighted by Gasteiger charge is -2.43. The van der Waals surface area contributed by atoms with Crippen LogP contribution in [-0.2, 0) is 14.3 Å². The molecule has 160 valence electrons. The van der Waals surface area contributed by atoms with Crippen LogP contribution in [0.4, 0.5) is 0 Å². The summed E-state index contributed by atoms with van der Waals surface area (Å²) >= 11 is 7.80. The van der Waals surface area contributed by atoms with Gasteiger partial charge in [0.05, 0.1) is 16.6 Å². The molecule has 31 heavy (non-hydrogen) atoms. The van der Waals surface area contributed by atoms with E-state index < -0.39 is 24.2 Å². The Bertz CT molecular complexity index is 1110. The van der Waals surface area contributed by atoms with E-state index in [0.29, 0.717) is 17.5 Å². The minimum absolute atomic E-state index is 0.281. The molecule has 1 aliphatic heterocycles. The number of morpholine rings is 1. The Morgan fingerprint density at radius 1 is 1.23 bits per heavy atom. The van der Waals surface area contributed by atoms with Gasteiger partial charge < -0.3 is 14.7 Å². The predicted octanol–water partition coefficient (Wildman–Crippen LogP) is 4.84. The number of fused-ring (bicyclic) bond motifs is 1. The number of halogens is 1. The zero-order chi connectivity index (χ0) is 21.5. The summed E-state index contributed by atoms with van der Waals surface area (Å²) in [6.45, 7) is 0.579. The van der Waals surface area contributed by atoms with Gasteiger partial charge in [-0.1, -0.05) is 35.9 Å². The summed E-state index contributed by atoms with van der Waals surface area (Å²) < 4.78 is 7.22. The fourth-order valence-corrected chi connectivity index (χ4v) is 5.40. The van der Waals surface area contributed by atoms with Gasteiger partial charge in [0.2, 0.25) is 0 Å². The first-order chi connectivity index (χ1) is 15.0. The largest absolute Gasteiger partial charge is 0.481 e. The van der Waals surface area contributed by atoms with E-state index in [1.807, 2.05) is 42.5 Å². The SMILES string of the molecule is O=C(O)C[C@H]1O[C@H](c2cccc(Cl)c2)[C@@H](c2nc3ccccc3s2)N(CC2CC2)C1=O. The van der Waals surface area contributed by atoms with Crippen molar-refractivity contribution in [3.8, 4) is 0 Å². The highest BCUT2D eigenvalue weighted by Crippen LogP contribution is 2.46. The van der Waals surface area contributed by atoms with Gasteiger partial charge in [0, 0.05) is 11.6 Å². The van der Waals surface area contributed by atoms with Gasteiger partial charge in [-0.15, -0.1) is 11.3 Å². The number of hydrogen-bond donors (Lipinski definition) is 1. The number of carbonyl (C=O) groups is 2. The molecule has 2 aromatic carbocycles. The van der Waals surface area contributed by atoms with Crippen molar-refractivity contribution in [3.05, 3.63) is 64.1 Å². The normalized spacial score (nSPS) is 24.0. The molecule has 6 nitrogen and oxygen atoms in total. The summed E-state index contributed by atoms with van der Waals surface area (Å²) in [6.07, 6.45) is 0.181. The highest BCUT2D eigenvalue weighted by atomic mass is 35.5. The third kappa shape index (κ3) is 4.18. The number of thiazole rings is 1. The van der Waals surface area contributed by atoms with Crippen molar-refractivity contribution >= 4 is 45.0 Å². The monoisotopic (exact) mass is 456 g/mol. The van der Waals surface area contributed by atoms with Crippen molar-refractivity contribution in [2.24, 2.45) is 5.92 Å². The van der Waals surface area contributed by atoms with E-state index in [4.69, 9.17) is 21.3 Å². The molecule has 0 bridgehead atoms. The summed E-state index contributed by atoms with van der Waals surface area (Å²) in [4.78, 5) is 31.4. The van der Waals surface area contributed by atoms with Crippen LogP contribution < -0.4 is 0 Å². The fraction of sp³-hybridized carbons (Fsp3) is 0.348. The van der Waals surface area contributed by atoms with Crippen molar-refractivity contribution in [1.82, 2.24) is 9.88 Å². The van der Waals surface area contributed by atoms with E-state index in [-0.39, 0.29) is 12.3 Å². The number of para-hydroxylation sites is 1. The molecular weight excluding hydrogens is 436 g/mol. The number of nitrogens with zero attached hydrogens (tertiary/aromatic N) is 2. The van der Waals surface area contributed by atoms with Gasteiger partial charge >= 0.3 is 5.97 Å². The molecule has 0 radical (unpaired) electrons. The lowest BCUT2D eigenvalue weighted by atomic mass is 9.96. The van der Waals surface area contributed by atoms with E-state index in [1.54, 1.807) is 22.3 Å². The van der Waals surface area contributed by atoms with Crippen LogP contribution in [0.1, 0.15) is 42.0 Å². The molecule has 1 aliphatic carbocycles. The van der Waals surface area contributed by atoms with Crippen molar-refractivity contribution in [2.45, 2.75) is 37.5 Å². The smallest absolute Gasteiger partial charge is 0.306 e. The van der Waals surface area contributed by atoms with Gasteiger partial charge in [0.25, 0.3) is 5.91 Å². The molecule has 2 aliphatic rings. The van der Waals surface area contributed by atoms with Gasteiger partial charge in [-0.25, -0.2) is 4.98 Å². The Morgan fingerprint density at radius 3 is 2.74 bits per heavy atom. The molecule has 2 fully saturated rings. The molecule has 1 aromatic heterocycles. The number of benzene rings is 2. The number of carboxylic acids is 1. The molecule has 3 aromatic rings. The lowest BCUT2D eigenvalue weighted by molar-refractivity contribution is -0.179. The molecule has 0 unspecified atom stereocenters. The van der Waals surface area contributed by atoms with Crippen molar-refractivity contribution < 1.29 is 19.4 Å². The average molecular weight is 457 g/mol. The van der Waals surface area contributed by atoms with Crippen LogP contribution in [0.2, 0.25) is 5.02 Å². The highest BCUT2D eigenvalue weighted by molar-refractivity contribution is 7.18. The molecule has 1 N–H and O–H groups in total. The van der Waals surface area contributed by atoms with E-state index >= 15 is 0 Å². The lowest BCUT2D eigenvalue weighted by Crippen LogP contribution is -2.52. The quantitative estimate of drug-likeness (QED) is 0.573. The third-order valence-electron chi connectivity index (χ3n) is 5.74. The van der Waals surface area contributed by atoms with Crippen LogP contribution in [0, 0.1) is 5.92 Å². The van der Waals surface area contributed by atoms with Crippen molar-refractivity contribution in [3.63, 3.8) is 0 Å². The van der Waals surface area contributed by atoms with Crippen LogP contribution in [0.5, 0.6) is 0 Å². The Labute approximate surface area is 188 Å². The molecule has 8 heteroatoms. The second kappa shape index (κ2) is 8.22. The molecule has 1 saturated carbocycles. The second-order valence-corrected chi connectivity index (χ2v) is 9.60. The molecular formula is C23H21ClN2O4S. The van der Waals surface area contributed by atoms with E-state index in [2.05, 4.69) is 0 Å². The summed E-state index contributed by atoms with van der Waals surface area (Å²) in [6, 6.07) is 14.8. The minimum atomic E-state index is -1.06. The third-order valence-corrected chi connectivity index (χ3v) is 7.09. The Kier molecular flexibility index (Phi) is 5.42. The summed E-state index contributed by atoms with van der Waals surface area (Å²) in [5, 5.41) is 10.7. The molecule has 3 atom stereocenters. The average Bonchev–Trinajstić information content (AvgIpc) is 3.45. The van der Waals surface area contributed by atoms with Gasteiger partial charge in [-0.2, -0.15) is 0 Å². The first-order valence-electron chi connectivity index (χ1n) is 10.3. The van der Waals surface area contributed by atoms with Crippen LogP contribution >= 0.6 is 22.9 Å². The fourth-order valence-electron chi connectivity index (χ4n) is 4.09. The Hall–Kier alpha value is -2.48. The number of hydrogen-bond acceptors (Lipinski definition) is 5. The number of aliphatic carboxylic acids is 1. The van der Waals surface area contributed by atoms with Gasteiger partial charge in [0.1, 0.15) is 23.3 Å². The number of carboxylic acid groups (broad SMARTS) is 1. The molecule has 5 rings (SSSR count). The van der Waals surface area contributed by atoms with Gasteiger partial charge in [-0.3, -0.25) is 9.59 Å². The minimum Gasteiger partial charge on any atom is -0.481 e. The zero-order valence-corrected chi connectivity index (χ0v) is 18.2. The molecule has 1 amide bonds. The maximum atomic E-state index is 13.4.